The number of hydrogen-bond acceptors (Lipinski definition) is 4. The molecule has 2 aromatic rings. The number of thiophene rings is 2. The summed E-state index contributed by atoms with van der Waals surface area (Å²) in [5.74, 6) is 0.520. The van der Waals surface area contributed by atoms with Gasteiger partial charge in [-0.1, -0.05) is 12.1 Å². The standard InChI is InChI=1S/C16H20N2OS2/c19-16(12-5-6-12)18-8-7-17-14(15-4-2-10-21-15)11-13-3-1-9-20-13/h1-4,9-10,12,14,17H,5-8,11H2,(H,18,19). The molecule has 0 saturated heterocycles. The van der Waals surface area contributed by atoms with Crippen molar-refractivity contribution in [1.29, 1.82) is 0 Å². The van der Waals surface area contributed by atoms with Crippen molar-refractivity contribution in [3.8, 4) is 0 Å². The van der Waals surface area contributed by atoms with Gasteiger partial charge in [-0.05, 0) is 35.7 Å². The van der Waals surface area contributed by atoms with Crippen molar-refractivity contribution in [2.24, 2.45) is 5.92 Å². The molecule has 1 atom stereocenters. The molecule has 0 radical (unpaired) electrons. The van der Waals surface area contributed by atoms with E-state index >= 15 is 0 Å². The van der Waals surface area contributed by atoms with E-state index in [0.717, 1.165) is 25.8 Å². The molecule has 3 nitrogen and oxygen atoms in total. The summed E-state index contributed by atoms with van der Waals surface area (Å²) < 4.78 is 0. The molecule has 2 heterocycles. The first-order valence-electron chi connectivity index (χ1n) is 7.40. The molecule has 2 aromatic heterocycles. The van der Waals surface area contributed by atoms with Gasteiger partial charge in [0.25, 0.3) is 0 Å². The Balaban J connectivity index is 1.48. The highest BCUT2D eigenvalue weighted by atomic mass is 32.1. The van der Waals surface area contributed by atoms with E-state index in [1.54, 1.807) is 22.7 Å². The molecule has 3 rings (SSSR count). The summed E-state index contributed by atoms with van der Waals surface area (Å²) >= 11 is 3.59. The topological polar surface area (TPSA) is 41.1 Å². The fourth-order valence-corrected chi connectivity index (χ4v) is 3.87. The van der Waals surface area contributed by atoms with Gasteiger partial charge in [-0.15, -0.1) is 22.7 Å². The molecule has 0 spiro atoms. The predicted octanol–water partition coefficient (Wildman–Crippen LogP) is 3.21. The van der Waals surface area contributed by atoms with Crippen molar-refractivity contribution in [2.75, 3.05) is 13.1 Å². The van der Waals surface area contributed by atoms with Gasteiger partial charge in [0.05, 0.1) is 0 Å². The average molecular weight is 320 g/mol. The molecule has 0 aromatic carbocycles. The smallest absolute Gasteiger partial charge is 0.223 e. The van der Waals surface area contributed by atoms with Crippen LogP contribution in [0, 0.1) is 5.92 Å². The molecule has 5 heteroatoms. The van der Waals surface area contributed by atoms with E-state index in [2.05, 4.69) is 45.7 Å². The largest absolute Gasteiger partial charge is 0.355 e. The van der Waals surface area contributed by atoms with Crippen LogP contribution in [-0.2, 0) is 11.2 Å². The Morgan fingerprint density at radius 2 is 2.00 bits per heavy atom. The lowest BCUT2D eigenvalue weighted by atomic mass is 10.1. The Bertz CT molecular complexity index is 547. The van der Waals surface area contributed by atoms with Crippen LogP contribution in [-0.4, -0.2) is 19.0 Å². The molecular weight excluding hydrogens is 300 g/mol. The Morgan fingerprint density at radius 1 is 1.19 bits per heavy atom. The molecule has 0 aliphatic heterocycles. The van der Waals surface area contributed by atoms with Crippen LogP contribution in [0.15, 0.2) is 35.0 Å². The number of carbonyl (C=O) groups excluding carboxylic acids is 1. The highest BCUT2D eigenvalue weighted by molar-refractivity contribution is 7.10. The van der Waals surface area contributed by atoms with Gasteiger partial charge in [-0.25, -0.2) is 0 Å². The normalized spacial score (nSPS) is 15.8. The molecule has 1 unspecified atom stereocenters. The van der Waals surface area contributed by atoms with E-state index in [1.807, 2.05) is 0 Å². The Kier molecular flexibility index (Phi) is 5.06. The van der Waals surface area contributed by atoms with Gasteiger partial charge in [-0.3, -0.25) is 4.79 Å². The lowest BCUT2D eigenvalue weighted by Crippen LogP contribution is -2.34. The number of rotatable bonds is 8. The number of carbonyl (C=O) groups is 1. The summed E-state index contributed by atoms with van der Waals surface area (Å²) in [6.07, 6.45) is 3.14. The maximum absolute atomic E-state index is 11.6. The molecule has 2 N–H and O–H groups in total. The first-order chi connectivity index (χ1) is 10.3. The maximum atomic E-state index is 11.6. The van der Waals surface area contributed by atoms with E-state index in [4.69, 9.17) is 0 Å². The van der Waals surface area contributed by atoms with Crippen molar-refractivity contribution in [3.05, 3.63) is 44.8 Å². The van der Waals surface area contributed by atoms with E-state index in [9.17, 15) is 4.79 Å². The van der Waals surface area contributed by atoms with Crippen molar-refractivity contribution >= 4 is 28.6 Å². The van der Waals surface area contributed by atoms with Crippen LogP contribution in [0.3, 0.4) is 0 Å². The summed E-state index contributed by atoms with van der Waals surface area (Å²) in [7, 11) is 0. The number of hydrogen-bond donors (Lipinski definition) is 2. The van der Waals surface area contributed by atoms with Crippen LogP contribution >= 0.6 is 22.7 Å². The first kappa shape index (κ1) is 14.8. The quantitative estimate of drug-likeness (QED) is 0.733. The van der Waals surface area contributed by atoms with Gasteiger partial charge in [0, 0.05) is 41.2 Å². The highest BCUT2D eigenvalue weighted by Crippen LogP contribution is 2.28. The molecule has 1 fully saturated rings. The molecule has 1 amide bonds. The molecule has 112 valence electrons. The molecule has 1 aliphatic rings. The third-order valence-corrected chi connectivity index (χ3v) is 5.52. The molecule has 1 aliphatic carbocycles. The number of amides is 1. The van der Waals surface area contributed by atoms with Gasteiger partial charge in [-0.2, -0.15) is 0 Å². The molecular formula is C16H20N2OS2. The fourth-order valence-electron chi connectivity index (χ4n) is 2.31. The van der Waals surface area contributed by atoms with Gasteiger partial charge in [0.15, 0.2) is 0 Å². The third-order valence-electron chi connectivity index (χ3n) is 3.64. The average Bonchev–Trinajstić information content (AvgIpc) is 2.99. The zero-order valence-electron chi connectivity index (χ0n) is 11.9. The van der Waals surface area contributed by atoms with Crippen LogP contribution in [0.2, 0.25) is 0 Å². The summed E-state index contributed by atoms with van der Waals surface area (Å²) in [6, 6.07) is 8.89. The van der Waals surface area contributed by atoms with Crippen LogP contribution in [0.25, 0.3) is 0 Å². The van der Waals surface area contributed by atoms with E-state index < -0.39 is 0 Å². The third kappa shape index (κ3) is 4.40. The van der Waals surface area contributed by atoms with E-state index in [1.165, 1.54) is 9.75 Å². The second kappa shape index (κ2) is 7.20. The monoisotopic (exact) mass is 320 g/mol. The summed E-state index contributed by atoms with van der Waals surface area (Å²) in [6.45, 7) is 1.52. The fraction of sp³-hybridized carbons (Fsp3) is 0.438. The van der Waals surface area contributed by atoms with Crippen LogP contribution in [0.1, 0.15) is 28.6 Å². The van der Waals surface area contributed by atoms with E-state index in [-0.39, 0.29) is 5.91 Å². The van der Waals surface area contributed by atoms with Crippen molar-refractivity contribution < 1.29 is 4.79 Å². The predicted molar refractivity (Wildman–Crippen MR) is 88.8 cm³/mol. The van der Waals surface area contributed by atoms with Crippen molar-refractivity contribution in [3.63, 3.8) is 0 Å². The molecule has 21 heavy (non-hydrogen) atoms. The maximum Gasteiger partial charge on any atom is 0.223 e. The zero-order chi connectivity index (χ0) is 14.5. The number of nitrogens with one attached hydrogen (secondary N) is 2. The van der Waals surface area contributed by atoms with Gasteiger partial charge in [0.1, 0.15) is 0 Å². The minimum absolute atomic E-state index is 0.225. The van der Waals surface area contributed by atoms with Gasteiger partial charge in [0.2, 0.25) is 5.91 Å². The SMILES string of the molecule is O=C(NCCNC(Cc1cccs1)c1cccs1)C1CC1. The second-order valence-electron chi connectivity index (χ2n) is 5.37. The van der Waals surface area contributed by atoms with Crippen molar-refractivity contribution in [1.82, 2.24) is 10.6 Å². The minimum atomic E-state index is 0.225. The van der Waals surface area contributed by atoms with Crippen LogP contribution in [0.4, 0.5) is 0 Å². The lowest BCUT2D eigenvalue weighted by molar-refractivity contribution is -0.122. The van der Waals surface area contributed by atoms with Gasteiger partial charge >= 0.3 is 0 Å². The summed E-state index contributed by atoms with van der Waals surface area (Å²) in [5.41, 5.74) is 0. The Hall–Kier alpha value is -1.17. The first-order valence-corrected chi connectivity index (χ1v) is 9.16. The Labute approximate surface area is 133 Å². The van der Waals surface area contributed by atoms with Crippen LogP contribution in [0.5, 0.6) is 0 Å². The van der Waals surface area contributed by atoms with Crippen LogP contribution < -0.4 is 10.6 Å². The molecule has 0 bridgehead atoms. The Morgan fingerprint density at radius 3 is 2.67 bits per heavy atom. The van der Waals surface area contributed by atoms with Gasteiger partial charge < -0.3 is 10.6 Å². The van der Waals surface area contributed by atoms with E-state index in [0.29, 0.717) is 18.5 Å². The zero-order valence-corrected chi connectivity index (χ0v) is 13.5. The summed E-state index contributed by atoms with van der Waals surface area (Å²) in [4.78, 5) is 14.3. The van der Waals surface area contributed by atoms with Crippen molar-refractivity contribution in [2.45, 2.75) is 25.3 Å². The summed E-state index contributed by atoms with van der Waals surface area (Å²) in [5, 5.41) is 10.8. The molecule has 1 saturated carbocycles. The lowest BCUT2D eigenvalue weighted by Gasteiger charge is -2.17. The highest BCUT2D eigenvalue weighted by Gasteiger charge is 2.29. The minimum Gasteiger partial charge on any atom is -0.355 e. The second-order valence-corrected chi connectivity index (χ2v) is 7.38.